The van der Waals surface area contributed by atoms with Crippen molar-refractivity contribution in [3.8, 4) is 6.01 Å². The molecule has 31 heavy (non-hydrogen) atoms. The van der Waals surface area contributed by atoms with Crippen LogP contribution < -0.4 is 16.0 Å². The summed E-state index contributed by atoms with van der Waals surface area (Å²) in [5, 5.41) is 0. The van der Waals surface area contributed by atoms with E-state index < -0.39 is 5.69 Å². The van der Waals surface area contributed by atoms with Crippen molar-refractivity contribution >= 4 is 17.1 Å². The van der Waals surface area contributed by atoms with Gasteiger partial charge in [-0.05, 0) is 25.7 Å². The summed E-state index contributed by atoms with van der Waals surface area (Å²) in [6.07, 6.45) is 4.90. The van der Waals surface area contributed by atoms with Gasteiger partial charge in [0.15, 0.2) is 11.2 Å². The fourth-order valence-electron chi connectivity index (χ4n) is 4.69. The summed E-state index contributed by atoms with van der Waals surface area (Å²) in [4.78, 5) is 44.3. The molecular weight excluding hydrogens is 402 g/mol. The molecule has 3 fully saturated rings. The number of rotatable bonds is 4. The van der Waals surface area contributed by atoms with Crippen molar-refractivity contribution < 1.29 is 14.3 Å². The Kier molecular flexibility index (Phi) is 5.11. The van der Waals surface area contributed by atoms with Crippen LogP contribution in [0.3, 0.4) is 0 Å². The smallest absolute Gasteiger partial charge is 0.332 e. The minimum atomic E-state index is -0.410. The lowest BCUT2D eigenvalue weighted by atomic mass is 10.1. The molecule has 4 heterocycles. The minimum absolute atomic E-state index is 0.0236. The van der Waals surface area contributed by atoms with Crippen LogP contribution >= 0.6 is 0 Å². The predicted molar refractivity (Wildman–Crippen MR) is 112 cm³/mol. The van der Waals surface area contributed by atoms with Crippen molar-refractivity contribution in [3.05, 3.63) is 20.8 Å². The molecule has 168 valence electrons. The summed E-state index contributed by atoms with van der Waals surface area (Å²) in [7, 11) is 3.11. The topological polar surface area (TPSA) is 101 Å². The fraction of sp³-hybridized carbons (Fsp3) is 0.714. The van der Waals surface area contributed by atoms with E-state index in [-0.39, 0.29) is 29.5 Å². The molecule has 0 unspecified atom stereocenters. The van der Waals surface area contributed by atoms with Crippen molar-refractivity contribution in [1.29, 1.82) is 0 Å². The lowest BCUT2D eigenvalue weighted by molar-refractivity contribution is -0.134. The Balaban J connectivity index is 1.47. The molecule has 2 aliphatic heterocycles. The quantitative estimate of drug-likeness (QED) is 0.702. The largest absolute Gasteiger partial charge is 0.461 e. The second-order valence-electron chi connectivity index (χ2n) is 8.90. The number of carbonyl (C=O) groups is 1. The van der Waals surface area contributed by atoms with Gasteiger partial charge in [0, 0.05) is 65.2 Å². The van der Waals surface area contributed by atoms with Gasteiger partial charge >= 0.3 is 5.69 Å². The number of aromatic nitrogens is 4. The molecular formula is C21H29N5O5. The van der Waals surface area contributed by atoms with E-state index in [1.54, 1.807) is 7.05 Å². The summed E-state index contributed by atoms with van der Waals surface area (Å²) >= 11 is 0. The zero-order chi connectivity index (χ0) is 21.7. The van der Waals surface area contributed by atoms with Crippen molar-refractivity contribution in [2.45, 2.75) is 50.7 Å². The van der Waals surface area contributed by atoms with Gasteiger partial charge in [-0.25, -0.2) is 4.79 Å². The highest BCUT2D eigenvalue weighted by Crippen LogP contribution is 2.33. The standard InChI is InChI=1S/C21H29N5O5/c1-23-17-16(19(28)24(2)21(23)29)26(14-7-11-30-12-8-14)20(22-17)31-15-5-9-25(10-6-15)18(27)13-3-4-13/h13-15H,3-12H2,1-2H3. The Bertz CT molecular complexity index is 1110. The molecule has 5 rings (SSSR count). The lowest BCUT2D eigenvalue weighted by Crippen LogP contribution is -2.42. The Morgan fingerprint density at radius 3 is 2.32 bits per heavy atom. The molecule has 0 bridgehead atoms. The summed E-state index contributed by atoms with van der Waals surface area (Å²) in [6, 6.07) is 0.405. The molecule has 10 heteroatoms. The zero-order valence-electron chi connectivity index (χ0n) is 18.1. The number of hydrogen-bond acceptors (Lipinski definition) is 6. The van der Waals surface area contributed by atoms with Gasteiger partial charge in [-0.3, -0.25) is 23.3 Å². The van der Waals surface area contributed by atoms with Gasteiger partial charge in [0.1, 0.15) is 6.10 Å². The molecule has 10 nitrogen and oxygen atoms in total. The Labute approximate surface area is 179 Å². The molecule has 0 radical (unpaired) electrons. The first-order valence-electron chi connectivity index (χ1n) is 11.2. The predicted octanol–water partition coefficient (Wildman–Crippen LogP) is 0.565. The summed E-state index contributed by atoms with van der Waals surface area (Å²) in [5.41, 5.74) is -0.0341. The summed E-state index contributed by atoms with van der Waals surface area (Å²) in [6.45, 7) is 2.57. The molecule has 1 amide bonds. The number of piperidine rings is 1. The van der Waals surface area contributed by atoms with Crippen molar-refractivity contribution in [2.75, 3.05) is 26.3 Å². The van der Waals surface area contributed by atoms with Crippen LogP contribution in [-0.4, -0.2) is 61.9 Å². The number of hydrogen-bond donors (Lipinski definition) is 0. The molecule has 2 aromatic heterocycles. The van der Waals surface area contributed by atoms with Crippen LogP contribution in [0.4, 0.5) is 0 Å². The van der Waals surface area contributed by atoms with Crippen LogP contribution in [0.1, 0.15) is 44.6 Å². The molecule has 0 atom stereocenters. The number of likely N-dealkylation sites (tertiary alicyclic amines) is 1. The average molecular weight is 431 g/mol. The van der Waals surface area contributed by atoms with E-state index in [2.05, 4.69) is 4.98 Å². The number of aryl methyl sites for hydroxylation is 1. The molecule has 1 aliphatic carbocycles. The highest BCUT2D eigenvalue weighted by atomic mass is 16.5. The van der Waals surface area contributed by atoms with Crippen LogP contribution in [0.15, 0.2) is 9.59 Å². The maximum absolute atomic E-state index is 13.0. The van der Waals surface area contributed by atoms with E-state index in [0.29, 0.717) is 43.5 Å². The van der Waals surface area contributed by atoms with Gasteiger partial charge in [-0.2, -0.15) is 4.98 Å². The molecule has 1 saturated carbocycles. The number of nitrogens with zero attached hydrogens (tertiary/aromatic N) is 5. The number of fused-ring (bicyclic) bond motifs is 1. The van der Waals surface area contributed by atoms with E-state index in [4.69, 9.17) is 9.47 Å². The number of ether oxygens (including phenoxy) is 2. The minimum Gasteiger partial charge on any atom is -0.461 e. The van der Waals surface area contributed by atoms with E-state index in [1.165, 1.54) is 11.6 Å². The third-order valence-corrected chi connectivity index (χ3v) is 6.77. The first-order chi connectivity index (χ1) is 15.0. The Morgan fingerprint density at radius 2 is 1.68 bits per heavy atom. The van der Waals surface area contributed by atoms with Crippen molar-refractivity contribution in [2.24, 2.45) is 20.0 Å². The van der Waals surface area contributed by atoms with Gasteiger partial charge in [-0.15, -0.1) is 0 Å². The van der Waals surface area contributed by atoms with Crippen LogP contribution in [0.5, 0.6) is 6.01 Å². The molecule has 2 aromatic rings. The lowest BCUT2D eigenvalue weighted by Gasteiger charge is -2.32. The molecule has 3 aliphatic rings. The van der Waals surface area contributed by atoms with E-state index >= 15 is 0 Å². The maximum Gasteiger partial charge on any atom is 0.332 e. The average Bonchev–Trinajstić information content (AvgIpc) is 3.58. The Morgan fingerprint density at radius 1 is 1.00 bits per heavy atom. The first-order valence-corrected chi connectivity index (χ1v) is 11.2. The summed E-state index contributed by atoms with van der Waals surface area (Å²) < 4.78 is 16.2. The molecule has 0 aromatic carbocycles. The Hall–Kier alpha value is -2.62. The van der Waals surface area contributed by atoms with E-state index in [1.807, 2.05) is 9.47 Å². The SMILES string of the molecule is Cn1c(=O)c2c(nc(OC3CCN(C(=O)C4CC4)CC3)n2C2CCOCC2)n(C)c1=O. The maximum atomic E-state index is 13.0. The van der Waals surface area contributed by atoms with Crippen LogP contribution in [-0.2, 0) is 23.6 Å². The fourth-order valence-corrected chi connectivity index (χ4v) is 4.69. The zero-order valence-corrected chi connectivity index (χ0v) is 18.1. The van der Waals surface area contributed by atoms with Crippen LogP contribution in [0, 0.1) is 5.92 Å². The van der Waals surface area contributed by atoms with Gasteiger partial charge in [0.25, 0.3) is 11.6 Å². The molecule has 0 N–H and O–H groups in total. The van der Waals surface area contributed by atoms with Gasteiger partial charge in [-0.1, -0.05) is 0 Å². The van der Waals surface area contributed by atoms with E-state index in [9.17, 15) is 14.4 Å². The normalized spacial score (nSPS) is 21.0. The third-order valence-electron chi connectivity index (χ3n) is 6.77. The first kappa shape index (κ1) is 20.3. The third kappa shape index (κ3) is 3.56. The second-order valence-corrected chi connectivity index (χ2v) is 8.90. The number of imidazole rings is 1. The monoisotopic (exact) mass is 431 g/mol. The number of amides is 1. The summed E-state index contributed by atoms with van der Waals surface area (Å²) in [5.74, 6) is 0.499. The van der Waals surface area contributed by atoms with Crippen molar-refractivity contribution in [1.82, 2.24) is 23.6 Å². The van der Waals surface area contributed by atoms with Gasteiger partial charge < -0.3 is 14.4 Å². The van der Waals surface area contributed by atoms with Gasteiger partial charge in [0.2, 0.25) is 5.91 Å². The highest BCUT2D eigenvalue weighted by Gasteiger charge is 2.36. The van der Waals surface area contributed by atoms with Crippen LogP contribution in [0.25, 0.3) is 11.2 Å². The van der Waals surface area contributed by atoms with Gasteiger partial charge in [0.05, 0.1) is 0 Å². The van der Waals surface area contributed by atoms with Crippen LogP contribution in [0.2, 0.25) is 0 Å². The molecule has 0 spiro atoms. The second kappa shape index (κ2) is 7.81. The molecule has 2 saturated heterocycles. The highest BCUT2D eigenvalue weighted by molar-refractivity contribution is 5.81. The number of carbonyl (C=O) groups excluding carboxylic acids is 1. The van der Waals surface area contributed by atoms with E-state index in [0.717, 1.165) is 43.1 Å². The van der Waals surface area contributed by atoms with Crippen molar-refractivity contribution in [3.63, 3.8) is 0 Å².